The van der Waals surface area contributed by atoms with Crippen LogP contribution in [0.3, 0.4) is 0 Å². The Labute approximate surface area is 112 Å². The van der Waals surface area contributed by atoms with E-state index < -0.39 is 0 Å². The lowest BCUT2D eigenvalue weighted by molar-refractivity contribution is -0.137. The van der Waals surface area contributed by atoms with Gasteiger partial charge in [0.05, 0.1) is 0 Å². The van der Waals surface area contributed by atoms with E-state index in [-0.39, 0.29) is 18.3 Å². The first-order valence-corrected chi connectivity index (χ1v) is 6.51. The number of rotatable bonds is 3. The molecule has 1 rings (SSSR count). The van der Waals surface area contributed by atoms with Crippen molar-refractivity contribution in [3.63, 3.8) is 0 Å². The van der Waals surface area contributed by atoms with Crippen LogP contribution in [0.5, 0.6) is 0 Å². The Morgan fingerprint density at radius 2 is 2.06 bits per heavy atom. The van der Waals surface area contributed by atoms with Gasteiger partial charge >= 0.3 is 0 Å². The largest absolute Gasteiger partial charge is 0.339 e. The predicted octanol–water partition coefficient (Wildman–Crippen LogP) is 2.30. The van der Waals surface area contributed by atoms with Crippen molar-refractivity contribution < 1.29 is 4.79 Å². The van der Waals surface area contributed by atoms with Gasteiger partial charge in [-0.25, -0.2) is 0 Å². The van der Waals surface area contributed by atoms with Crippen molar-refractivity contribution in [3.05, 3.63) is 0 Å². The molecule has 0 bridgehead atoms. The van der Waals surface area contributed by atoms with Crippen molar-refractivity contribution in [1.29, 1.82) is 0 Å². The molecule has 3 unspecified atom stereocenters. The Kier molecular flexibility index (Phi) is 7.80. The molecule has 3 nitrogen and oxygen atoms in total. The second kappa shape index (κ2) is 7.93. The molecule has 0 aromatic heterocycles. The van der Waals surface area contributed by atoms with Crippen LogP contribution in [0.2, 0.25) is 0 Å². The highest BCUT2D eigenvalue weighted by Crippen LogP contribution is 2.22. The molecule has 0 saturated carbocycles. The molecule has 17 heavy (non-hydrogen) atoms. The smallest absolute Gasteiger partial charge is 0.226 e. The molecule has 1 aliphatic heterocycles. The number of nitrogens with zero attached hydrogens (tertiary/aromatic N) is 1. The molecule has 0 aromatic rings. The zero-order valence-electron chi connectivity index (χ0n) is 11.5. The molecule has 1 saturated heterocycles. The Balaban J connectivity index is 0.00000256. The third-order valence-electron chi connectivity index (χ3n) is 3.57. The van der Waals surface area contributed by atoms with Crippen LogP contribution in [0.4, 0.5) is 0 Å². The summed E-state index contributed by atoms with van der Waals surface area (Å²) in [6.07, 6.45) is 3.67. The van der Waals surface area contributed by atoms with E-state index >= 15 is 0 Å². The van der Waals surface area contributed by atoms with Gasteiger partial charge in [0.2, 0.25) is 5.91 Å². The molecule has 0 aliphatic carbocycles. The molecular formula is C13H27ClN2O. The molecule has 1 fully saturated rings. The highest BCUT2D eigenvalue weighted by molar-refractivity contribution is 5.85. The zero-order chi connectivity index (χ0) is 12.1. The van der Waals surface area contributed by atoms with E-state index in [0.717, 1.165) is 19.5 Å². The number of amides is 1. The van der Waals surface area contributed by atoms with Gasteiger partial charge in [-0.3, -0.25) is 4.79 Å². The van der Waals surface area contributed by atoms with Crippen LogP contribution in [-0.2, 0) is 4.79 Å². The van der Waals surface area contributed by atoms with Crippen molar-refractivity contribution in [1.82, 2.24) is 10.2 Å². The lowest BCUT2D eigenvalue weighted by Gasteiger charge is -2.31. The Hall–Kier alpha value is -0.280. The van der Waals surface area contributed by atoms with Crippen molar-refractivity contribution in [2.75, 3.05) is 20.1 Å². The number of carbonyl (C=O) groups excluding carboxylic acids is 1. The fraction of sp³-hybridized carbons (Fsp3) is 0.923. The quantitative estimate of drug-likeness (QED) is 0.847. The molecule has 4 heteroatoms. The van der Waals surface area contributed by atoms with E-state index in [9.17, 15) is 4.79 Å². The minimum Gasteiger partial charge on any atom is -0.339 e. The van der Waals surface area contributed by atoms with Gasteiger partial charge in [0.1, 0.15) is 0 Å². The second-order valence-electron chi connectivity index (χ2n) is 5.33. The van der Waals surface area contributed by atoms with Gasteiger partial charge in [0, 0.05) is 25.0 Å². The zero-order valence-corrected chi connectivity index (χ0v) is 12.3. The van der Waals surface area contributed by atoms with E-state index in [1.807, 2.05) is 14.0 Å². The predicted molar refractivity (Wildman–Crippen MR) is 74.5 cm³/mol. The van der Waals surface area contributed by atoms with Gasteiger partial charge in [-0.05, 0) is 32.7 Å². The third kappa shape index (κ3) is 4.84. The standard InChI is InChI=1S/C13H26N2O.ClH/c1-10-6-5-7-12(3)15(9-10)13(16)11(2)8-14-4;/h10-12,14H,5-9H2,1-4H3;1H. The molecule has 102 valence electrons. The van der Waals surface area contributed by atoms with E-state index in [2.05, 4.69) is 24.1 Å². The first-order chi connectivity index (χ1) is 7.56. The van der Waals surface area contributed by atoms with Crippen LogP contribution in [0, 0.1) is 11.8 Å². The number of halogens is 1. The maximum Gasteiger partial charge on any atom is 0.226 e. The SMILES string of the molecule is CNCC(C)C(=O)N1CC(C)CCCC1C.Cl. The average molecular weight is 263 g/mol. The molecule has 0 aromatic carbocycles. The fourth-order valence-electron chi connectivity index (χ4n) is 2.51. The van der Waals surface area contributed by atoms with Crippen LogP contribution >= 0.6 is 12.4 Å². The summed E-state index contributed by atoms with van der Waals surface area (Å²) in [6.45, 7) is 8.16. The number of carbonyl (C=O) groups is 1. The topological polar surface area (TPSA) is 32.3 Å². The van der Waals surface area contributed by atoms with Crippen LogP contribution in [-0.4, -0.2) is 37.0 Å². The van der Waals surface area contributed by atoms with Crippen LogP contribution < -0.4 is 5.32 Å². The number of nitrogens with one attached hydrogen (secondary N) is 1. The average Bonchev–Trinajstić information content (AvgIpc) is 2.40. The van der Waals surface area contributed by atoms with E-state index in [0.29, 0.717) is 17.9 Å². The first kappa shape index (κ1) is 16.7. The summed E-state index contributed by atoms with van der Waals surface area (Å²) in [5.41, 5.74) is 0. The highest BCUT2D eigenvalue weighted by atomic mass is 35.5. The first-order valence-electron chi connectivity index (χ1n) is 6.51. The van der Waals surface area contributed by atoms with Crippen LogP contribution in [0.25, 0.3) is 0 Å². The normalized spacial score (nSPS) is 26.9. The third-order valence-corrected chi connectivity index (χ3v) is 3.57. The van der Waals surface area contributed by atoms with Gasteiger partial charge in [-0.15, -0.1) is 12.4 Å². The van der Waals surface area contributed by atoms with Gasteiger partial charge in [-0.2, -0.15) is 0 Å². The maximum atomic E-state index is 12.3. The van der Waals surface area contributed by atoms with Gasteiger partial charge in [0.15, 0.2) is 0 Å². The van der Waals surface area contributed by atoms with Crippen molar-refractivity contribution in [2.45, 2.75) is 46.1 Å². The molecule has 1 amide bonds. The number of likely N-dealkylation sites (tertiary alicyclic amines) is 1. The number of hydrogen-bond acceptors (Lipinski definition) is 2. The van der Waals surface area contributed by atoms with Gasteiger partial charge in [0.25, 0.3) is 0 Å². The summed E-state index contributed by atoms with van der Waals surface area (Å²) >= 11 is 0. The summed E-state index contributed by atoms with van der Waals surface area (Å²) in [4.78, 5) is 14.4. The van der Waals surface area contributed by atoms with Gasteiger partial charge in [-0.1, -0.05) is 20.3 Å². The van der Waals surface area contributed by atoms with E-state index in [4.69, 9.17) is 0 Å². The number of hydrogen-bond donors (Lipinski definition) is 1. The lowest BCUT2D eigenvalue weighted by atomic mass is 10.1. The fourth-order valence-corrected chi connectivity index (χ4v) is 2.51. The Morgan fingerprint density at radius 3 is 2.65 bits per heavy atom. The van der Waals surface area contributed by atoms with E-state index in [1.54, 1.807) is 0 Å². The monoisotopic (exact) mass is 262 g/mol. The molecule has 1 heterocycles. The van der Waals surface area contributed by atoms with Crippen LogP contribution in [0.15, 0.2) is 0 Å². The summed E-state index contributed by atoms with van der Waals surface area (Å²) in [7, 11) is 1.90. The summed E-state index contributed by atoms with van der Waals surface area (Å²) in [6, 6.07) is 0.414. The highest BCUT2D eigenvalue weighted by Gasteiger charge is 2.27. The minimum absolute atomic E-state index is 0. The van der Waals surface area contributed by atoms with Crippen LogP contribution in [0.1, 0.15) is 40.0 Å². The molecule has 1 aliphatic rings. The van der Waals surface area contributed by atoms with Crippen molar-refractivity contribution in [3.8, 4) is 0 Å². The molecule has 3 atom stereocenters. The summed E-state index contributed by atoms with van der Waals surface area (Å²) in [5, 5.41) is 3.08. The molecule has 0 spiro atoms. The van der Waals surface area contributed by atoms with E-state index in [1.165, 1.54) is 12.8 Å². The summed E-state index contributed by atoms with van der Waals surface area (Å²) < 4.78 is 0. The lowest BCUT2D eigenvalue weighted by Crippen LogP contribution is -2.44. The molecule has 0 radical (unpaired) electrons. The Morgan fingerprint density at radius 1 is 1.41 bits per heavy atom. The van der Waals surface area contributed by atoms with Gasteiger partial charge < -0.3 is 10.2 Å². The maximum absolute atomic E-state index is 12.3. The van der Waals surface area contributed by atoms with Crippen molar-refractivity contribution >= 4 is 18.3 Å². The van der Waals surface area contributed by atoms with Crippen molar-refractivity contribution in [2.24, 2.45) is 11.8 Å². The molecular weight excluding hydrogens is 236 g/mol. The summed E-state index contributed by atoms with van der Waals surface area (Å²) in [5.74, 6) is 1.06. The Bertz CT molecular complexity index is 235. The molecule has 1 N–H and O–H groups in total. The minimum atomic E-state index is 0. The second-order valence-corrected chi connectivity index (χ2v) is 5.33.